The molecule has 3 aromatic rings. The largest absolute Gasteiger partial charge is 0.475 e. The molecular weight excluding hydrogens is 322 g/mol. The molecule has 4 rings (SSSR count). The van der Waals surface area contributed by atoms with E-state index in [1.807, 2.05) is 30.1 Å². The van der Waals surface area contributed by atoms with Crippen LogP contribution in [0.1, 0.15) is 23.4 Å². The maximum atomic E-state index is 11.0. The average molecular weight is 339 g/mol. The van der Waals surface area contributed by atoms with E-state index in [0.717, 1.165) is 41.7 Å². The van der Waals surface area contributed by atoms with Gasteiger partial charge in [0.25, 0.3) is 0 Å². The Morgan fingerprint density at radius 2 is 2.16 bits per heavy atom. The molecule has 1 aliphatic heterocycles. The fraction of sp³-hybridized carbons (Fsp3) is 0.278. The zero-order valence-corrected chi connectivity index (χ0v) is 13.7. The first-order chi connectivity index (χ1) is 12.1. The van der Waals surface area contributed by atoms with Crippen LogP contribution < -0.4 is 4.90 Å². The number of fused-ring (bicyclic) bond motifs is 1. The summed E-state index contributed by atoms with van der Waals surface area (Å²) in [5.74, 6) is 0.0999. The van der Waals surface area contributed by atoms with Crippen LogP contribution in [0.25, 0.3) is 22.2 Å². The third-order valence-corrected chi connectivity index (χ3v) is 4.39. The van der Waals surface area contributed by atoms with Crippen LogP contribution in [-0.2, 0) is 4.74 Å². The first-order valence-electron chi connectivity index (χ1n) is 8.06. The van der Waals surface area contributed by atoms with E-state index in [-0.39, 0.29) is 12.0 Å². The van der Waals surface area contributed by atoms with Crippen LogP contribution >= 0.6 is 0 Å². The number of carboxylic acids is 1. The normalized spacial score (nSPS) is 17.1. The van der Waals surface area contributed by atoms with Gasteiger partial charge >= 0.3 is 5.97 Å². The van der Waals surface area contributed by atoms with Crippen molar-refractivity contribution in [2.75, 3.05) is 18.6 Å². The van der Waals surface area contributed by atoms with Gasteiger partial charge in [0.2, 0.25) is 5.76 Å². The van der Waals surface area contributed by atoms with E-state index in [9.17, 15) is 4.79 Å². The number of hydrogen-bond acceptors (Lipinski definition) is 6. The van der Waals surface area contributed by atoms with E-state index in [4.69, 9.17) is 14.3 Å². The Labute approximate surface area is 143 Å². The van der Waals surface area contributed by atoms with Crippen LogP contribution in [0.15, 0.2) is 41.1 Å². The lowest BCUT2D eigenvalue weighted by Gasteiger charge is -2.25. The molecule has 0 aliphatic carbocycles. The van der Waals surface area contributed by atoms with Gasteiger partial charge in [0.15, 0.2) is 0 Å². The van der Waals surface area contributed by atoms with Gasteiger partial charge in [-0.1, -0.05) is 0 Å². The predicted octanol–water partition coefficient (Wildman–Crippen LogP) is 3.16. The first-order valence-corrected chi connectivity index (χ1v) is 8.06. The third kappa shape index (κ3) is 2.83. The zero-order chi connectivity index (χ0) is 17.4. The van der Waals surface area contributed by atoms with Crippen molar-refractivity contribution < 1.29 is 19.1 Å². The highest BCUT2D eigenvalue weighted by atomic mass is 16.5. The molecule has 7 heteroatoms. The van der Waals surface area contributed by atoms with Crippen LogP contribution in [0.2, 0.25) is 0 Å². The van der Waals surface area contributed by atoms with Crippen molar-refractivity contribution in [3.63, 3.8) is 0 Å². The predicted molar refractivity (Wildman–Crippen MR) is 91.6 cm³/mol. The molecule has 128 valence electrons. The van der Waals surface area contributed by atoms with E-state index in [1.54, 1.807) is 6.07 Å². The molecule has 1 aromatic carbocycles. The van der Waals surface area contributed by atoms with Crippen LogP contribution in [-0.4, -0.2) is 40.9 Å². The summed E-state index contributed by atoms with van der Waals surface area (Å²) in [5, 5.41) is 9.89. The van der Waals surface area contributed by atoms with Gasteiger partial charge in [0, 0.05) is 24.6 Å². The van der Waals surface area contributed by atoms with Crippen LogP contribution in [0.3, 0.4) is 0 Å². The minimum atomic E-state index is -1.09. The molecular formula is C18H17N3O4. The van der Waals surface area contributed by atoms with Gasteiger partial charge in [-0.2, -0.15) is 0 Å². The van der Waals surface area contributed by atoms with Gasteiger partial charge in [-0.25, -0.2) is 14.8 Å². The molecule has 1 fully saturated rings. The average Bonchev–Trinajstić information content (AvgIpc) is 3.31. The standard InChI is InChI=1S/C18H17N3O4/c1-21(16-3-2-8-24-16)17-12-9-11(4-5-13(12)19-10-20-17)14-6-7-15(25-14)18(22)23/h4-7,9-10,16H,2-3,8H2,1H3,(H,22,23). The van der Waals surface area contributed by atoms with E-state index in [0.29, 0.717) is 5.76 Å². The summed E-state index contributed by atoms with van der Waals surface area (Å²) in [5.41, 5.74) is 1.58. The van der Waals surface area contributed by atoms with Crippen molar-refractivity contribution in [1.82, 2.24) is 9.97 Å². The summed E-state index contributed by atoms with van der Waals surface area (Å²) in [4.78, 5) is 21.8. The van der Waals surface area contributed by atoms with E-state index in [2.05, 4.69) is 9.97 Å². The zero-order valence-electron chi connectivity index (χ0n) is 13.7. The van der Waals surface area contributed by atoms with Crippen molar-refractivity contribution in [3.05, 3.63) is 42.4 Å². The Morgan fingerprint density at radius 3 is 2.88 bits per heavy atom. The molecule has 25 heavy (non-hydrogen) atoms. The number of benzene rings is 1. The van der Waals surface area contributed by atoms with Crippen molar-refractivity contribution in [3.8, 4) is 11.3 Å². The number of anilines is 1. The van der Waals surface area contributed by atoms with Gasteiger partial charge < -0.3 is 19.2 Å². The molecule has 1 N–H and O–H groups in total. The van der Waals surface area contributed by atoms with E-state index < -0.39 is 5.97 Å². The fourth-order valence-corrected chi connectivity index (χ4v) is 3.09. The number of aromatic carboxylic acids is 1. The molecule has 1 saturated heterocycles. The summed E-state index contributed by atoms with van der Waals surface area (Å²) in [7, 11) is 1.96. The molecule has 0 spiro atoms. The summed E-state index contributed by atoms with van der Waals surface area (Å²) >= 11 is 0. The van der Waals surface area contributed by atoms with Gasteiger partial charge in [-0.05, 0) is 43.2 Å². The van der Waals surface area contributed by atoms with Gasteiger partial charge in [0.05, 0.1) is 5.52 Å². The quantitative estimate of drug-likeness (QED) is 0.781. The first kappa shape index (κ1) is 15.6. The Balaban J connectivity index is 1.78. The lowest BCUT2D eigenvalue weighted by molar-refractivity contribution is 0.0663. The molecule has 0 saturated carbocycles. The Bertz CT molecular complexity index is 931. The maximum absolute atomic E-state index is 11.0. The highest BCUT2D eigenvalue weighted by molar-refractivity contribution is 5.92. The number of carboxylic acid groups (broad SMARTS) is 1. The van der Waals surface area contributed by atoms with E-state index in [1.165, 1.54) is 12.4 Å². The highest BCUT2D eigenvalue weighted by Crippen LogP contribution is 2.31. The lowest BCUT2D eigenvalue weighted by Crippen LogP contribution is -2.31. The van der Waals surface area contributed by atoms with Gasteiger partial charge in [-0.15, -0.1) is 0 Å². The second-order valence-electron chi connectivity index (χ2n) is 5.98. The Kier molecular flexibility index (Phi) is 3.85. The molecule has 1 atom stereocenters. The fourth-order valence-electron chi connectivity index (χ4n) is 3.09. The number of carbonyl (C=O) groups is 1. The lowest BCUT2D eigenvalue weighted by atomic mass is 10.1. The summed E-state index contributed by atoms with van der Waals surface area (Å²) < 4.78 is 11.1. The van der Waals surface area contributed by atoms with Crippen molar-refractivity contribution in [2.45, 2.75) is 19.1 Å². The smallest absolute Gasteiger partial charge is 0.371 e. The molecule has 7 nitrogen and oxygen atoms in total. The number of rotatable bonds is 4. The second kappa shape index (κ2) is 6.18. The summed E-state index contributed by atoms with van der Waals surface area (Å²) in [6.07, 6.45) is 3.54. The maximum Gasteiger partial charge on any atom is 0.371 e. The van der Waals surface area contributed by atoms with Crippen molar-refractivity contribution in [2.24, 2.45) is 0 Å². The monoisotopic (exact) mass is 339 g/mol. The second-order valence-corrected chi connectivity index (χ2v) is 5.98. The third-order valence-electron chi connectivity index (χ3n) is 4.39. The molecule has 0 amide bonds. The van der Waals surface area contributed by atoms with Crippen molar-refractivity contribution in [1.29, 1.82) is 0 Å². The molecule has 3 heterocycles. The number of aromatic nitrogens is 2. The summed E-state index contributed by atoms with van der Waals surface area (Å²) in [6, 6.07) is 8.75. The van der Waals surface area contributed by atoms with Crippen molar-refractivity contribution >= 4 is 22.7 Å². The minimum absolute atomic E-state index is 0.00369. The van der Waals surface area contributed by atoms with Crippen LogP contribution in [0, 0.1) is 0 Å². The Hall–Kier alpha value is -2.93. The summed E-state index contributed by atoms with van der Waals surface area (Å²) in [6.45, 7) is 0.758. The van der Waals surface area contributed by atoms with Gasteiger partial charge in [0.1, 0.15) is 24.1 Å². The molecule has 2 aromatic heterocycles. The van der Waals surface area contributed by atoms with E-state index >= 15 is 0 Å². The van der Waals surface area contributed by atoms with Gasteiger partial charge in [-0.3, -0.25) is 0 Å². The number of furan rings is 1. The van der Waals surface area contributed by atoms with Crippen LogP contribution in [0.4, 0.5) is 5.82 Å². The molecule has 0 radical (unpaired) electrons. The SMILES string of the molecule is CN(c1ncnc2ccc(-c3ccc(C(=O)O)o3)cc12)C1CCCO1. The number of nitrogens with zero attached hydrogens (tertiary/aromatic N) is 3. The molecule has 0 bridgehead atoms. The number of hydrogen-bond donors (Lipinski definition) is 1. The minimum Gasteiger partial charge on any atom is -0.475 e. The van der Waals surface area contributed by atoms with Crippen LogP contribution in [0.5, 0.6) is 0 Å². The topological polar surface area (TPSA) is 88.7 Å². The highest BCUT2D eigenvalue weighted by Gasteiger charge is 2.23. The number of ether oxygens (including phenoxy) is 1. The Morgan fingerprint density at radius 1 is 1.28 bits per heavy atom. The molecule has 1 aliphatic rings. The molecule has 1 unspecified atom stereocenters.